The van der Waals surface area contributed by atoms with Gasteiger partial charge in [0.2, 0.25) is 0 Å². The van der Waals surface area contributed by atoms with Crippen LogP contribution in [-0.2, 0) is 16.0 Å². The number of carbonyl (C=O) groups is 1. The average Bonchev–Trinajstić information content (AvgIpc) is 2.64. The predicted molar refractivity (Wildman–Crippen MR) is 106 cm³/mol. The summed E-state index contributed by atoms with van der Waals surface area (Å²) in [5, 5.41) is 2.81. The van der Waals surface area contributed by atoms with E-state index >= 15 is 0 Å². The van der Waals surface area contributed by atoms with Crippen LogP contribution in [0.1, 0.15) is 19.4 Å². The van der Waals surface area contributed by atoms with Crippen LogP contribution < -0.4 is 14.8 Å². The van der Waals surface area contributed by atoms with Crippen LogP contribution in [0.3, 0.4) is 0 Å². The molecule has 0 spiro atoms. The molecule has 1 amide bonds. The lowest BCUT2D eigenvalue weighted by Gasteiger charge is -2.11. The van der Waals surface area contributed by atoms with Crippen molar-refractivity contribution in [1.29, 1.82) is 0 Å². The predicted octanol–water partition coefficient (Wildman–Crippen LogP) is 4.44. The van der Waals surface area contributed by atoms with Crippen LogP contribution in [0.15, 0.2) is 46.9 Å². The number of ether oxygens (including phenoxy) is 3. The molecular weight excluding hydrogens is 398 g/mol. The SMILES string of the molecule is CCOCCOc1cccc(NC(=O)COc2ccc(CC)cc2Br)c1. The first-order chi connectivity index (χ1) is 12.6. The van der Waals surface area contributed by atoms with Gasteiger partial charge in [-0.25, -0.2) is 0 Å². The third kappa shape index (κ3) is 6.69. The topological polar surface area (TPSA) is 56.8 Å². The molecule has 1 N–H and O–H groups in total. The maximum atomic E-state index is 12.1. The fraction of sp³-hybridized carbons (Fsp3) is 0.350. The van der Waals surface area contributed by atoms with Crippen LogP contribution in [0, 0.1) is 0 Å². The van der Waals surface area contributed by atoms with Gasteiger partial charge in [0, 0.05) is 18.4 Å². The van der Waals surface area contributed by atoms with Crippen LogP contribution >= 0.6 is 15.9 Å². The third-order valence-corrected chi connectivity index (χ3v) is 4.20. The molecule has 5 nitrogen and oxygen atoms in total. The highest BCUT2D eigenvalue weighted by Gasteiger charge is 2.07. The van der Waals surface area contributed by atoms with Crippen molar-refractivity contribution in [2.45, 2.75) is 20.3 Å². The number of amides is 1. The van der Waals surface area contributed by atoms with Crippen molar-refractivity contribution < 1.29 is 19.0 Å². The van der Waals surface area contributed by atoms with Crippen molar-refractivity contribution in [3.8, 4) is 11.5 Å². The number of benzene rings is 2. The molecule has 2 rings (SSSR count). The Morgan fingerprint density at radius 2 is 1.92 bits per heavy atom. The second kappa shape index (κ2) is 10.8. The van der Waals surface area contributed by atoms with E-state index in [-0.39, 0.29) is 12.5 Å². The zero-order chi connectivity index (χ0) is 18.8. The number of aryl methyl sites for hydroxylation is 1. The lowest BCUT2D eigenvalue weighted by molar-refractivity contribution is -0.118. The molecule has 0 bridgehead atoms. The molecule has 0 heterocycles. The maximum absolute atomic E-state index is 12.1. The molecule has 0 aliphatic rings. The van der Waals surface area contributed by atoms with Crippen molar-refractivity contribution in [2.24, 2.45) is 0 Å². The molecule has 0 saturated carbocycles. The second-order valence-electron chi connectivity index (χ2n) is 5.53. The van der Waals surface area contributed by atoms with E-state index in [9.17, 15) is 4.79 Å². The number of halogens is 1. The van der Waals surface area contributed by atoms with Gasteiger partial charge >= 0.3 is 0 Å². The van der Waals surface area contributed by atoms with Gasteiger partial charge in [-0.1, -0.05) is 19.1 Å². The number of nitrogens with one attached hydrogen (secondary N) is 1. The smallest absolute Gasteiger partial charge is 0.262 e. The quantitative estimate of drug-likeness (QED) is 0.575. The van der Waals surface area contributed by atoms with Gasteiger partial charge in [0.1, 0.15) is 18.1 Å². The summed E-state index contributed by atoms with van der Waals surface area (Å²) < 4.78 is 17.2. The average molecular weight is 422 g/mol. The highest BCUT2D eigenvalue weighted by molar-refractivity contribution is 9.10. The Kier molecular flexibility index (Phi) is 8.44. The summed E-state index contributed by atoms with van der Waals surface area (Å²) in [6.45, 7) is 5.62. The van der Waals surface area contributed by atoms with Gasteiger partial charge in [-0.2, -0.15) is 0 Å². The van der Waals surface area contributed by atoms with Gasteiger partial charge in [0.15, 0.2) is 6.61 Å². The van der Waals surface area contributed by atoms with Crippen LogP contribution in [0.2, 0.25) is 0 Å². The number of rotatable bonds is 10. The van der Waals surface area contributed by atoms with E-state index in [2.05, 4.69) is 28.2 Å². The lowest BCUT2D eigenvalue weighted by atomic mass is 10.2. The Bertz CT molecular complexity index is 721. The zero-order valence-corrected chi connectivity index (χ0v) is 16.7. The van der Waals surface area contributed by atoms with Crippen molar-refractivity contribution in [2.75, 3.05) is 31.7 Å². The van der Waals surface area contributed by atoms with Crippen LogP contribution in [0.4, 0.5) is 5.69 Å². The van der Waals surface area contributed by atoms with Crippen LogP contribution in [-0.4, -0.2) is 32.3 Å². The highest BCUT2D eigenvalue weighted by Crippen LogP contribution is 2.26. The Morgan fingerprint density at radius 3 is 2.65 bits per heavy atom. The molecule has 0 fully saturated rings. The van der Waals surface area contributed by atoms with Crippen molar-refractivity contribution in [3.63, 3.8) is 0 Å². The van der Waals surface area contributed by atoms with E-state index in [1.807, 2.05) is 37.3 Å². The molecule has 2 aromatic rings. The normalized spacial score (nSPS) is 10.4. The summed E-state index contributed by atoms with van der Waals surface area (Å²) in [5.74, 6) is 1.09. The Labute approximate surface area is 162 Å². The molecule has 0 aliphatic carbocycles. The molecular formula is C20H24BrNO4. The summed E-state index contributed by atoms with van der Waals surface area (Å²) in [7, 11) is 0. The first-order valence-electron chi connectivity index (χ1n) is 8.64. The molecule has 140 valence electrons. The monoisotopic (exact) mass is 421 g/mol. The molecule has 0 saturated heterocycles. The van der Waals surface area contributed by atoms with Gasteiger partial charge in [0.05, 0.1) is 11.1 Å². The largest absolute Gasteiger partial charge is 0.491 e. The minimum atomic E-state index is -0.233. The second-order valence-corrected chi connectivity index (χ2v) is 6.38. The van der Waals surface area contributed by atoms with Gasteiger partial charge in [-0.15, -0.1) is 0 Å². The third-order valence-electron chi connectivity index (χ3n) is 3.58. The molecule has 0 atom stereocenters. The van der Waals surface area contributed by atoms with Gasteiger partial charge in [0.25, 0.3) is 5.91 Å². The van der Waals surface area contributed by atoms with E-state index in [1.54, 1.807) is 12.1 Å². The van der Waals surface area contributed by atoms with E-state index in [0.717, 1.165) is 10.9 Å². The molecule has 2 aromatic carbocycles. The summed E-state index contributed by atoms with van der Waals surface area (Å²) in [5.41, 5.74) is 1.86. The number of anilines is 1. The van der Waals surface area contributed by atoms with Crippen LogP contribution in [0.5, 0.6) is 11.5 Å². The number of hydrogen-bond acceptors (Lipinski definition) is 4. The lowest BCUT2D eigenvalue weighted by Crippen LogP contribution is -2.20. The fourth-order valence-electron chi connectivity index (χ4n) is 2.25. The van der Waals surface area contributed by atoms with Crippen molar-refractivity contribution in [3.05, 3.63) is 52.5 Å². The first kappa shape index (κ1) is 20.3. The van der Waals surface area contributed by atoms with Gasteiger partial charge in [-0.05, 0) is 59.1 Å². The van der Waals surface area contributed by atoms with Gasteiger partial charge < -0.3 is 19.5 Å². The van der Waals surface area contributed by atoms with Crippen LogP contribution in [0.25, 0.3) is 0 Å². The van der Waals surface area contributed by atoms with E-state index in [4.69, 9.17) is 14.2 Å². The van der Waals surface area contributed by atoms with Crippen molar-refractivity contribution >= 4 is 27.5 Å². The summed E-state index contributed by atoms with van der Waals surface area (Å²) in [6, 6.07) is 13.1. The number of carbonyl (C=O) groups excluding carboxylic acids is 1. The standard InChI is InChI=1S/C20H24BrNO4/c1-3-15-8-9-19(18(21)12-15)26-14-20(23)22-16-6-5-7-17(13-16)25-11-10-24-4-2/h5-9,12-13H,3-4,10-11,14H2,1-2H3,(H,22,23). The molecule has 0 aromatic heterocycles. The van der Waals surface area contributed by atoms with Gasteiger partial charge in [-0.3, -0.25) is 4.79 Å². The first-order valence-corrected chi connectivity index (χ1v) is 9.43. The van der Waals surface area contributed by atoms with E-state index in [1.165, 1.54) is 5.56 Å². The molecule has 0 unspecified atom stereocenters. The summed E-state index contributed by atoms with van der Waals surface area (Å²) >= 11 is 3.47. The Morgan fingerprint density at radius 1 is 1.08 bits per heavy atom. The zero-order valence-electron chi connectivity index (χ0n) is 15.1. The van der Waals surface area contributed by atoms with E-state index in [0.29, 0.717) is 37.0 Å². The minimum Gasteiger partial charge on any atom is -0.491 e. The van der Waals surface area contributed by atoms with Crippen molar-refractivity contribution in [1.82, 2.24) is 0 Å². The molecule has 0 aliphatic heterocycles. The minimum absolute atomic E-state index is 0.0699. The molecule has 26 heavy (non-hydrogen) atoms. The number of hydrogen-bond donors (Lipinski definition) is 1. The Hall–Kier alpha value is -2.05. The highest BCUT2D eigenvalue weighted by atomic mass is 79.9. The summed E-state index contributed by atoms with van der Waals surface area (Å²) in [4.78, 5) is 12.1. The fourth-order valence-corrected chi connectivity index (χ4v) is 2.79. The Balaban J connectivity index is 1.84. The van der Waals surface area contributed by atoms with E-state index < -0.39 is 0 Å². The molecule has 0 radical (unpaired) electrons. The molecule has 6 heteroatoms. The maximum Gasteiger partial charge on any atom is 0.262 e. The summed E-state index contributed by atoms with van der Waals surface area (Å²) in [6.07, 6.45) is 0.947.